The standard InChI is InChI=1S/C18H24N2O2/c1-11-12(2)20(13(3)21)17-5-4-15(10-16(17)18(11)19)14-6-8-22-9-7-14/h4-6,10-12,18H,7-9,19H2,1-3H3/t11-,12-,18+/m0/s1. The van der Waals surface area contributed by atoms with Gasteiger partial charge in [0.15, 0.2) is 0 Å². The molecule has 1 aromatic rings. The second kappa shape index (κ2) is 5.86. The highest BCUT2D eigenvalue weighted by molar-refractivity contribution is 5.94. The molecule has 4 heteroatoms. The number of anilines is 1. The molecule has 0 saturated carbocycles. The van der Waals surface area contributed by atoms with E-state index in [2.05, 4.69) is 32.1 Å². The molecular formula is C18H24N2O2. The van der Waals surface area contributed by atoms with Crippen LogP contribution in [0.1, 0.15) is 44.4 Å². The summed E-state index contributed by atoms with van der Waals surface area (Å²) >= 11 is 0. The van der Waals surface area contributed by atoms with Gasteiger partial charge in [-0.15, -0.1) is 0 Å². The van der Waals surface area contributed by atoms with Crippen molar-refractivity contribution in [3.8, 4) is 0 Å². The lowest BCUT2D eigenvalue weighted by molar-refractivity contribution is -0.117. The number of fused-ring (bicyclic) bond motifs is 1. The van der Waals surface area contributed by atoms with Crippen LogP contribution in [0.25, 0.3) is 5.57 Å². The van der Waals surface area contributed by atoms with Gasteiger partial charge in [0.2, 0.25) is 5.91 Å². The lowest BCUT2D eigenvalue weighted by Gasteiger charge is -2.42. The van der Waals surface area contributed by atoms with Gasteiger partial charge in [-0.05, 0) is 48.1 Å². The van der Waals surface area contributed by atoms with Crippen LogP contribution in [0.5, 0.6) is 0 Å². The third-order valence-corrected chi connectivity index (χ3v) is 5.05. The maximum atomic E-state index is 12.1. The van der Waals surface area contributed by atoms with Gasteiger partial charge in [-0.1, -0.05) is 19.1 Å². The van der Waals surface area contributed by atoms with Gasteiger partial charge in [0.05, 0.1) is 13.2 Å². The maximum absolute atomic E-state index is 12.1. The smallest absolute Gasteiger partial charge is 0.224 e. The molecule has 22 heavy (non-hydrogen) atoms. The van der Waals surface area contributed by atoms with Crippen LogP contribution >= 0.6 is 0 Å². The quantitative estimate of drug-likeness (QED) is 0.867. The van der Waals surface area contributed by atoms with Crippen molar-refractivity contribution < 1.29 is 9.53 Å². The summed E-state index contributed by atoms with van der Waals surface area (Å²) < 4.78 is 5.38. The Bertz CT molecular complexity index is 624. The predicted molar refractivity (Wildman–Crippen MR) is 88.6 cm³/mol. The van der Waals surface area contributed by atoms with E-state index in [1.807, 2.05) is 11.0 Å². The molecule has 0 spiro atoms. The van der Waals surface area contributed by atoms with Crippen LogP contribution in [0.2, 0.25) is 0 Å². The highest BCUT2D eigenvalue weighted by atomic mass is 16.5. The SMILES string of the molecule is CC(=O)N1c2ccc(C3=CCOCC3)cc2[C@H](N)[C@@H](C)[C@@H]1C. The molecular weight excluding hydrogens is 276 g/mol. The normalized spacial score (nSPS) is 28.1. The zero-order valence-electron chi connectivity index (χ0n) is 13.5. The fourth-order valence-corrected chi connectivity index (χ4v) is 3.52. The highest BCUT2D eigenvalue weighted by Crippen LogP contribution is 2.41. The summed E-state index contributed by atoms with van der Waals surface area (Å²) in [6.07, 6.45) is 3.06. The van der Waals surface area contributed by atoms with Gasteiger partial charge in [0.1, 0.15) is 0 Å². The van der Waals surface area contributed by atoms with Crippen LogP contribution < -0.4 is 10.6 Å². The average molecular weight is 300 g/mol. The van der Waals surface area contributed by atoms with Gasteiger partial charge >= 0.3 is 0 Å². The number of nitrogens with two attached hydrogens (primary N) is 1. The van der Waals surface area contributed by atoms with Crippen molar-refractivity contribution in [1.29, 1.82) is 0 Å². The summed E-state index contributed by atoms with van der Waals surface area (Å²) in [6, 6.07) is 6.38. The fraction of sp³-hybridized carbons (Fsp3) is 0.500. The second-order valence-electron chi connectivity index (χ2n) is 6.34. The molecule has 0 fully saturated rings. The summed E-state index contributed by atoms with van der Waals surface area (Å²) in [4.78, 5) is 13.9. The minimum absolute atomic E-state index is 0.0407. The Kier molecular flexibility index (Phi) is 4.06. The Balaban J connectivity index is 2.06. The number of amides is 1. The van der Waals surface area contributed by atoms with Crippen LogP contribution in [0, 0.1) is 5.92 Å². The summed E-state index contributed by atoms with van der Waals surface area (Å²) in [5.74, 6) is 0.306. The second-order valence-corrected chi connectivity index (χ2v) is 6.34. The van der Waals surface area contributed by atoms with Crippen molar-refractivity contribution in [2.24, 2.45) is 11.7 Å². The molecule has 3 rings (SSSR count). The molecule has 4 nitrogen and oxygen atoms in total. The zero-order valence-corrected chi connectivity index (χ0v) is 13.5. The number of carbonyl (C=O) groups is 1. The number of hydrogen-bond acceptors (Lipinski definition) is 3. The van der Waals surface area contributed by atoms with Crippen molar-refractivity contribution in [3.05, 3.63) is 35.4 Å². The van der Waals surface area contributed by atoms with Gasteiger partial charge in [-0.2, -0.15) is 0 Å². The van der Waals surface area contributed by atoms with E-state index in [1.165, 1.54) is 11.1 Å². The first-order valence-electron chi connectivity index (χ1n) is 7.97. The first-order chi connectivity index (χ1) is 10.5. The molecule has 2 N–H and O–H groups in total. The van der Waals surface area contributed by atoms with E-state index in [-0.39, 0.29) is 23.9 Å². The summed E-state index contributed by atoms with van der Waals surface area (Å²) in [5, 5.41) is 0. The Morgan fingerprint density at radius 3 is 2.77 bits per heavy atom. The first kappa shape index (κ1) is 15.3. The third-order valence-electron chi connectivity index (χ3n) is 5.05. The molecule has 0 aromatic heterocycles. The van der Waals surface area contributed by atoms with Crippen LogP contribution in [0.15, 0.2) is 24.3 Å². The van der Waals surface area contributed by atoms with Crippen LogP contribution in [-0.2, 0) is 9.53 Å². The molecule has 0 bridgehead atoms. The number of carbonyl (C=O) groups excluding carboxylic acids is 1. The molecule has 2 heterocycles. The molecule has 3 atom stereocenters. The molecule has 0 radical (unpaired) electrons. The number of hydrogen-bond donors (Lipinski definition) is 1. The molecule has 1 aromatic carbocycles. The van der Waals surface area contributed by atoms with E-state index < -0.39 is 0 Å². The van der Waals surface area contributed by atoms with E-state index in [9.17, 15) is 4.79 Å². The third kappa shape index (κ3) is 2.46. The monoisotopic (exact) mass is 300 g/mol. The molecule has 0 saturated heterocycles. The van der Waals surface area contributed by atoms with Crippen molar-refractivity contribution in [2.45, 2.75) is 39.3 Å². The zero-order chi connectivity index (χ0) is 15.9. The minimum atomic E-state index is -0.0407. The molecule has 118 valence electrons. The summed E-state index contributed by atoms with van der Waals surface area (Å²) in [7, 11) is 0. The predicted octanol–water partition coefficient (Wildman–Crippen LogP) is 2.88. The van der Waals surface area contributed by atoms with Gasteiger partial charge in [0, 0.05) is 24.7 Å². The molecule has 0 aliphatic carbocycles. The average Bonchev–Trinajstić information content (AvgIpc) is 2.53. The van der Waals surface area contributed by atoms with Gasteiger partial charge in [0.25, 0.3) is 0 Å². The van der Waals surface area contributed by atoms with Crippen molar-refractivity contribution in [3.63, 3.8) is 0 Å². The number of ether oxygens (including phenoxy) is 1. The largest absolute Gasteiger partial charge is 0.377 e. The first-order valence-corrected chi connectivity index (χ1v) is 7.97. The van der Waals surface area contributed by atoms with E-state index in [1.54, 1.807) is 6.92 Å². The minimum Gasteiger partial charge on any atom is -0.377 e. The fourth-order valence-electron chi connectivity index (χ4n) is 3.52. The van der Waals surface area contributed by atoms with E-state index >= 15 is 0 Å². The van der Waals surface area contributed by atoms with Crippen LogP contribution in [-0.4, -0.2) is 25.2 Å². The van der Waals surface area contributed by atoms with Crippen molar-refractivity contribution >= 4 is 17.2 Å². The lowest BCUT2D eigenvalue weighted by atomic mass is 9.82. The summed E-state index contributed by atoms with van der Waals surface area (Å²) in [5.41, 5.74) is 11.0. The Hall–Kier alpha value is -1.65. The maximum Gasteiger partial charge on any atom is 0.224 e. The molecule has 2 aliphatic rings. The molecule has 1 amide bonds. The van der Waals surface area contributed by atoms with Crippen LogP contribution in [0.4, 0.5) is 5.69 Å². The lowest BCUT2D eigenvalue weighted by Crippen LogP contribution is -2.48. The highest BCUT2D eigenvalue weighted by Gasteiger charge is 2.36. The Labute approximate surface area is 131 Å². The van der Waals surface area contributed by atoms with Crippen molar-refractivity contribution in [2.75, 3.05) is 18.1 Å². The van der Waals surface area contributed by atoms with Gasteiger partial charge in [-0.3, -0.25) is 4.79 Å². The number of nitrogens with zero attached hydrogens (tertiary/aromatic N) is 1. The van der Waals surface area contributed by atoms with E-state index in [0.717, 1.165) is 24.3 Å². The Morgan fingerprint density at radius 2 is 2.14 bits per heavy atom. The topological polar surface area (TPSA) is 55.6 Å². The summed E-state index contributed by atoms with van der Waals surface area (Å²) in [6.45, 7) is 7.25. The van der Waals surface area contributed by atoms with Gasteiger partial charge < -0.3 is 15.4 Å². The van der Waals surface area contributed by atoms with Crippen molar-refractivity contribution in [1.82, 2.24) is 0 Å². The molecule has 0 unspecified atom stereocenters. The number of rotatable bonds is 1. The number of benzene rings is 1. The molecule has 2 aliphatic heterocycles. The Morgan fingerprint density at radius 1 is 1.36 bits per heavy atom. The van der Waals surface area contributed by atoms with E-state index in [4.69, 9.17) is 10.5 Å². The van der Waals surface area contributed by atoms with Crippen LogP contribution in [0.3, 0.4) is 0 Å². The van der Waals surface area contributed by atoms with Gasteiger partial charge in [-0.25, -0.2) is 0 Å². The van der Waals surface area contributed by atoms with E-state index in [0.29, 0.717) is 6.61 Å².